The third-order valence-electron chi connectivity index (χ3n) is 1.87. The Hall–Kier alpha value is -1.08. The molecule has 0 aliphatic rings. The summed E-state index contributed by atoms with van der Waals surface area (Å²) in [4.78, 5) is 10.8. The van der Waals surface area contributed by atoms with Crippen molar-refractivity contribution in [1.82, 2.24) is 0 Å². The molecule has 1 aromatic rings. The molecule has 1 nitrogen and oxygen atoms in total. The standard InChI is InChI=1S/C11H11ClO/c1-8-5-3-4-6-10(8)7-9(2)11(12)13/h3-7H,1-2H3/b9-7+. The molecule has 1 aromatic carbocycles. The number of carbonyl (C=O) groups is 1. The number of halogens is 1. The van der Waals surface area contributed by atoms with Gasteiger partial charge in [-0.25, -0.2) is 0 Å². The van der Waals surface area contributed by atoms with E-state index >= 15 is 0 Å². The van der Waals surface area contributed by atoms with Gasteiger partial charge in [0.05, 0.1) is 0 Å². The number of carbonyl (C=O) groups excluding carboxylic acids is 1. The molecule has 0 fully saturated rings. The Morgan fingerprint density at radius 3 is 2.54 bits per heavy atom. The second-order valence-electron chi connectivity index (χ2n) is 2.96. The van der Waals surface area contributed by atoms with Gasteiger partial charge in [0.2, 0.25) is 5.24 Å². The Morgan fingerprint density at radius 1 is 1.38 bits per heavy atom. The summed E-state index contributed by atoms with van der Waals surface area (Å²) in [6, 6.07) is 7.85. The molecule has 68 valence electrons. The van der Waals surface area contributed by atoms with Crippen LogP contribution >= 0.6 is 11.6 Å². The number of rotatable bonds is 2. The second kappa shape index (κ2) is 4.24. The van der Waals surface area contributed by atoms with Crippen molar-refractivity contribution in [2.45, 2.75) is 13.8 Å². The molecule has 13 heavy (non-hydrogen) atoms. The lowest BCUT2D eigenvalue weighted by atomic mass is 10.1. The molecular formula is C11H11ClO. The fourth-order valence-electron chi connectivity index (χ4n) is 1.04. The summed E-state index contributed by atoms with van der Waals surface area (Å²) in [5.41, 5.74) is 2.74. The lowest BCUT2D eigenvalue weighted by Gasteiger charge is -1.99. The highest BCUT2D eigenvalue weighted by Gasteiger charge is 1.99. The van der Waals surface area contributed by atoms with Gasteiger partial charge in [0, 0.05) is 5.57 Å². The first-order valence-corrected chi connectivity index (χ1v) is 4.43. The molecule has 0 aromatic heterocycles. The van der Waals surface area contributed by atoms with Crippen molar-refractivity contribution in [1.29, 1.82) is 0 Å². The first-order chi connectivity index (χ1) is 6.11. The SMILES string of the molecule is C/C(=C\c1ccccc1C)C(=O)Cl. The van der Waals surface area contributed by atoms with Crippen molar-refractivity contribution in [2.75, 3.05) is 0 Å². The summed E-state index contributed by atoms with van der Waals surface area (Å²) in [6.45, 7) is 3.71. The first kappa shape index (κ1) is 10.0. The molecule has 0 radical (unpaired) electrons. The largest absolute Gasteiger partial charge is 0.276 e. The van der Waals surface area contributed by atoms with Crippen molar-refractivity contribution >= 4 is 22.9 Å². The molecule has 0 heterocycles. The summed E-state index contributed by atoms with van der Waals surface area (Å²) in [6.07, 6.45) is 1.80. The van der Waals surface area contributed by atoms with E-state index in [4.69, 9.17) is 11.6 Å². The van der Waals surface area contributed by atoms with Crippen LogP contribution in [0.3, 0.4) is 0 Å². The highest BCUT2D eigenvalue weighted by atomic mass is 35.5. The van der Waals surface area contributed by atoms with E-state index in [1.54, 1.807) is 13.0 Å². The zero-order chi connectivity index (χ0) is 9.84. The molecular weight excluding hydrogens is 184 g/mol. The number of hydrogen-bond donors (Lipinski definition) is 0. The molecule has 0 aliphatic heterocycles. The lowest BCUT2D eigenvalue weighted by molar-refractivity contribution is -0.108. The van der Waals surface area contributed by atoms with Gasteiger partial charge in [0.25, 0.3) is 0 Å². The summed E-state index contributed by atoms with van der Waals surface area (Å²) in [5.74, 6) is 0. The zero-order valence-corrected chi connectivity index (χ0v) is 8.43. The van der Waals surface area contributed by atoms with Crippen LogP contribution in [0.5, 0.6) is 0 Å². The highest BCUT2D eigenvalue weighted by Crippen LogP contribution is 2.12. The van der Waals surface area contributed by atoms with Crippen LogP contribution in [-0.2, 0) is 4.79 Å². The summed E-state index contributed by atoms with van der Waals surface area (Å²) in [5, 5.41) is -0.400. The van der Waals surface area contributed by atoms with E-state index in [-0.39, 0.29) is 0 Å². The van der Waals surface area contributed by atoms with Crippen molar-refractivity contribution in [3.05, 3.63) is 41.0 Å². The van der Waals surface area contributed by atoms with Crippen molar-refractivity contribution in [3.8, 4) is 0 Å². The van der Waals surface area contributed by atoms with Crippen LogP contribution in [0, 0.1) is 6.92 Å². The average Bonchev–Trinajstić information content (AvgIpc) is 2.08. The van der Waals surface area contributed by atoms with Gasteiger partial charge < -0.3 is 0 Å². The van der Waals surface area contributed by atoms with Gasteiger partial charge in [0.15, 0.2) is 0 Å². The maximum absolute atomic E-state index is 10.8. The quantitative estimate of drug-likeness (QED) is 0.522. The fraction of sp³-hybridized carbons (Fsp3) is 0.182. The van der Waals surface area contributed by atoms with Crippen LogP contribution in [0.15, 0.2) is 29.8 Å². The van der Waals surface area contributed by atoms with E-state index in [1.807, 2.05) is 31.2 Å². The van der Waals surface area contributed by atoms with Gasteiger partial charge >= 0.3 is 0 Å². The maximum Gasteiger partial charge on any atom is 0.248 e. The second-order valence-corrected chi connectivity index (χ2v) is 3.30. The molecule has 0 atom stereocenters. The monoisotopic (exact) mass is 194 g/mol. The van der Waals surface area contributed by atoms with Crippen LogP contribution in [-0.4, -0.2) is 5.24 Å². The smallest absolute Gasteiger partial charge is 0.248 e. The van der Waals surface area contributed by atoms with E-state index < -0.39 is 5.24 Å². The topological polar surface area (TPSA) is 17.1 Å². The number of allylic oxidation sites excluding steroid dienone is 1. The average molecular weight is 195 g/mol. The number of hydrogen-bond acceptors (Lipinski definition) is 1. The Balaban J connectivity index is 3.04. The van der Waals surface area contributed by atoms with Crippen LogP contribution in [0.1, 0.15) is 18.1 Å². The van der Waals surface area contributed by atoms with E-state index in [2.05, 4.69) is 0 Å². The first-order valence-electron chi connectivity index (χ1n) is 4.05. The van der Waals surface area contributed by atoms with Crippen LogP contribution in [0.25, 0.3) is 6.08 Å². The third kappa shape index (κ3) is 2.71. The van der Waals surface area contributed by atoms with Gasteiger partial charge in [-0.15, -0.1) is 0 Å². The number of benzene rings is 1. The molecule has 0 unspecified atom stereocenters. The van der Waals surface area contributed by atoms with Crippen molar-refractivity contribution in [3.63, 3.8) is 0 Å². The van der Waals surface area contributed by atoms with E-state index in [1.165, 1.54) is 0 Å². The van der Waals surface area contributed by atoms with E-state index in [0.717, 1.165) is 11.1 Å². The lowest BCUT2D eigenvalue weighted by Crippen LogP contribution is -1.88. The van der Waals surface area contributed by atoms with E-state index in [9.17, 15) is 4.79 Å². The zero-order valence-electron chi connectivity index (χ0n) is 7.67. The Morgan fingerprint density at radius 2 is 2.00 bits per heavy atom. The van der Waals surface area contributed by atoms with Gasteiger partial charge in [-0.1, -0.05) is 24.3 Å². The van der Waals surface area contributed by atoms with Crippen molar-refractivity contribution < 1.29 is 4.79 Å². The minimum Gasteiger partial charge on any atom is -0.276 e. The Kier molecular flexibility index (Phi) is 3.26. The number of aryl methyl sites for hydroxylation is 1. The van der Waals surface area contributed by atoms with Gasteiger partial charge in [-0.2, -0.15) is 0 Å². The van der Waals surface area contributed by atoms with Crippen LogP contribution in [0.2, 0.25) is 0 Å². The van der Waals surface area contributed by atoms with Gasteiger partial charge in [0.1, 0.15) is 0 Å². The van der Waals surface area contributed by atoms with Crippen LogP contribution < -0.4 is 0 Å². The van der Waals surface area contributed by atoms with Gasteiger partial charge in [-0.3, -0.25) is 4.79 Å². The summed E-state index contributed by atoms with van der Waals surface area (Å²) >= 11 is 5.32. The molecule has 0 amide bonds. The Labute approximate surface area is 83.0 Å². The molecule has 1 rings (SSSR count). The predicted molar refractivity (Wildman–Crippen MR) is 55.7 cm³/mol. The molecule has 0 bridgehead atoms. The minimum absolute atomic E-state index is 0.400. The summed E-state index contributed by atoms with van der Waals surface area (Å²) in [7, 11) is 0. The van der Waals surface area contributed by atoms with Gasteiger partial charge in [-0.05, 0) is 42.7 Å². The van der Waals surface area contributed by atoms with E-state index in [0.29, 0.717) is 5.57 Å². The molecule has 2 heteroatoms. The Bertz CT molecular complexity index is 353. The minimum atomic E-state index is -0.400. The molecule has 0 saturated carbocycles. The van der Waals surface area contributed by atoms with Crippen LogP contribution in [0.4, 0.5) is 0 Å². The third-order valence-corrected chi connectivity index (χ3v) is 2.17. The maximum atomic E-state index is 10.8. The molecule has 0 N–H and O–H groups in total. The molecule has 0 spiro atoms. The highest BCUT2D eigenvalue weighted by molar-refractivity contribution is 6.68. The summed E-state index contributed by atoms with van der Waals surface area (Å²) < 4.78 is 0. The predicted octanol–water partition coefficient (Wildman–Crippen LogP) is 3.16. The van der Waals surface area contributed by atoms with Crippen molar-refractivity contribution in [2.24, 2.45) is 0 Å². The fourth-order valence-corrected chi connectivity index (χ4v) is 1.09. The molecule has 0 aliphatic carbocycles. The molecule has 0 saturated heterocycles. The normalized spacial score (nSPS) is 11.5.